The highest BCUT2D eigenvalue weighted by atomic mass is 32.2. The highest BCUT2D eigenvalue weighted by Gasteiger charge is 2.36. The number of methoxy groups -OCH3 is 2. The number of aliphatic imine (C=N–C) groups is 1. The number of fused-ring (bicyclic) bond motifs is 1. The molecule has 3 aromatic rings. The van der Waals surface area contributed by atoms with E-state index >= 15 is 0 Å². The van der Waals surface area contributed by atoms with Crippen molar-refractivity contribution in [3.63, 3.8) is 0 Å². The summed E-state index contributed by atoms with van der Waals surface area (Å²) >= 11 is 1.87. The predicted molar refractivity (Wildman–Crippen MR) is 143 cm³/mol. The number of ether oxygens (including phenoxy) is 2. The van der Waals surface area contributed by atoms with Crippen LogP contribution in [0.3, 0.4) is 0 Å². The molecule has 2 aliphatic heterocycles. The molecule has 1 fully saturated rings. The van der Waals surface area contributed by atoms with Crippen LogP contribution in [0.15, 0.2) is 71.7 Å². The Kier molecular flexibility index (Phi) is 6.95. The number of benzene rings is 3. The second-order valence-electron chi connectivity index (χ2n) is 8.53. The normalized spacial score (nSPS) is 17.4. The maximum absolute atomic E-state index is 13.2. The first-order valence-electron chi connectivity index (χ1n) is 11.8. The minimum Gasteiger partial charge on any atom is -0.493 e. The van der Waals surface area contributed by atoms with Gasteiger partial charge in [-0.3, -0.25) is 14.6 Å². The van der Waals surface area contributed by atoms with Gasteiger partial charge in [0.15, 0.2) is 11.5 Å². The van der Waals surface area contributed by atoms with Crippen molar-refractivity contribution in [2.75, 3.05) is 44.1 Å². The van der Waals surface area contributed by atoms with E-state index in [1.807, 2.05) is 77.3 Å². The van der Waals surface area contributed by atoms with E-state index in [1.54, 1.807) is 20.3 Å². The summed E-state index contributed by atoms with van der Waals surface area (Å²) in [6.45, 7) is 1.54. The fourth-order valence-electron chi connectivity index (χ4n) is 4.53. The first-order valence-corrected chi connectivity index (χ1v) is 12.9. The smallest absolute Gasteiger partial charge is 0.253 e. The Morgan fingerprint density at radius 3 is 2.28 bits per heavy atom. The molecule has 8 heteroatoms. The van der Waals surface area contributed by atoms with Crippen LogP contribution in [0.25, 0.3) is 0 Å². The molecular formula is C28H27N3O4S. The summed E-state index contributed by atoms with van der Waals surface area (Å²) in [5.41, 5.74) is 4.21. The number of rotatable bonds is 6. The number of hydrogen-bond donors (Lipinski definition) is 1. The number of carbonyl (C=O) groups is 2. The van der Waals surface area contributed by atoms with Crippen LogP contribution >= 0.6 is 11.8 Å². The molecule has 1 unspecified atom stereocenters. The Hall–Kier alpha value is -3.78. The van der Waals surface area contributed by atoms with E-state index in [0.29, 0.717) is 34.1 Å². The van der Waals surface area contributed by atoms with Crippen molar-refractivity contribution in [1.82, 2.24) is 4.90 Å². The van der Waals surface area contributed by atoms with Gasteiger partial charge >= 0.3 is 0 Å². The molecule has 2 aliphatic rings. The van der Waals surface area contributed by atoms with Crippen LogP contribution in [0.4, 0.5) is 11.4 Å². The van der Waals surface area contributed by atoms with E-state index < -0.39 is 5.92 Å². The standard InChI is InChI=1S/C28H27N3O4S/c1-34-23-16-21-22(17-24(23)35-2)30-27(32)25(21)26(18-6-4-3-5-7-18)29-20-10-8-19(9-11-20)28(33)31-12-14-36-15-13-31/h3-11,16-17,25H,12-15H2,1-2H3,(H,30,32). The molecule has 36 heavy (non-hydrogen) atoms. The maximum Gasteiger partial charge on any atom is 0.253 e. The quantitative estimate of drug-likeness (QED) is 0.493. The van der Waals surface area contributed by atoms with Crippen LogP contribution in [0, 0.1) is 0 Å². The molecule has 7 nitrogen and oxygen atoms in total. The zero-order valence-electron chi connectivity index (χ0n) is 20.2. The fraction of sp³-hybridized carbons (Fsp3) is 0.250. The van der Waals surface area contributed by atoms with Gasteiger partial charge in [0.25, 0.3) is 5.91 Å². The first-order chi connectivity index (χ1) is 17.6. The summed E-state index contributed by atoms with van der Waals surface area (Å²) in [6, 6.07) is 20.5. The lowest BCUT2D eigenvalue weighted by Gasteiger charge is -2.26. The molecule has 2 amide bonds. The van der Waals surface area contributed by atoms with Gasteiger partial charge in [-0.25, -0.2) is 0 Å². The number of nitrogens with one attached hydrogen (secondary N) is 1. The molecule has 1 saturated heterocycles. The van der Waals surface area contributed by atoms with Gasteiger partial charge in [0.2, 0.25) is 5.91 Å². The van der Waals surface area contributed by atoms with Crippen LogP contribution in [0.2, 0.25) is 0 Å². The molecule has 0 spiro atoms. The number of amides is 2. The number of anilines is 1. The van der Waals surface area contributed by atoms with Gasteiger partial charge in [-0.1, -0.05) is 30.3 Å². The Balaban J connectivity index is 1.53. The number of carbonyl (C=O) groups excluding carboxylic acids is 2. The average Bonchev–Trinajstić information content (AvgIpc) is 3.26. The van der Waals surface area contributed by atoms with Gasteiger partial charge in [0, 0.05) is 41.9 Å². The van der Waals surface area contributed by atoms with Crippen molar-refractivity contribution in [3.8, 4) is 11.5 Å². The molecule has 1 atom stereocenters. The molecule has 184 valence electrons. The second kappa shape index (κ2) is 10.5. The Morgan fingerprint density at radius 2 is 1.61 bits per heavy atom. The van der Waals surface area contributed by atoms with E-state index in [9.17, 15) is 9.59 Å². The molecule has 0 aromatic heterocycles. The number of thioether (sulfide) groups is 1. The molecule has 2 heterocycles. The first kappa shape index (κ1) is 23.9. The zero-order chi connectivity index (χ0) is 25.1. The zero-order valence-corrected chi connectivity index (χ0v) is 21.0. The molecule has 0 radical (unpaired) electrons. The summed E-state index contributed by atoms with van der Waals surface area (Å²) < 4.78 is 10.9. The van der Waals surface area contributed by atoms with Gasteiger partial charge in [-0.05, 0) is 41.5 Å². The average molecular weight is 502 g/mol. The monoisotopic (exact) mass is 501 g/mol. The van der Waals surface area contributed by atoms with Crippen LogP contribution in [0.1, 0.15) is 27.4 Å². The van der Waals surface area contributed by atoms with Gasteiger partial charge in [0.1, 0.15) is 5.92 Å². The van der Waals surface area contributed by atoms with Crippen molar-refractivity contribution in [2.24, 2.45) is 4.99 Å². The maximum atomic E-state index is 13.2. The van der Waals surface area contributed by atoms with Crippen LogP contribution < -0.4 is 14.8 Å². The van der Waals surface area contributed by atoms with Crippen molar-refractivity contribution < 1.29 is 19.1 Å². The molecular weight excluding hydrogens is 474 g/mol. The SMILES string of the molecule is COc1cc2c(cc1OC)C(C(=Nc1ccc(C(=O)N3CCSCC3)cc1)c1ccccc1)C(=O)N2. The Bertz CT molecular complexity index is 1300. The number of hydrogen-bond acceptors (Lipinski definition) is 6. The van der Waals surface area contributed by atoms with Crippen LogP contribution in [0.5, 0.6) is 11.5 Å². The molecule has 5 rings (SSSR count). The lowest BCUT2D eigenvalue weighted by atomic mass is 9.90. The summed E-state index contributed by atoms with van der Waals surface area (Å²) in [6.07, 6.45) is 0. The van der Waals surface area contributed by atoms with E-state index in [2.05, 4.69) is 5.32 Å². The third kappa shape index (κ3) is 4.68. The third-order valence-corrected chi connectivity index (χ3v) is 7.33. The third-order valence-electron chi connectivity index (χ3n) is 6.39. The van der Waals surface area contributed by atoms with Gasteiger partial charge in [-0.15, -0.1) is 0 Å². The summed E-state index contributed by atoms with van der Waals surface area (Å²) in [5.74, 6) is 2.27. The Morgan fingerprint density at radius 1 is 0.944 bits per heavy atom. The topological polar surface area (TPSA) is 80.2 Å². The van der Waals surface area contributed by atoms with Crippen molar-refractivity contribution in [2.45, 2.75) is 5.92 Å². The van der Waals surface area contributed by atoms with Gasteiger partial charge < -0.3 is 19.7 Å². The molecule has 1 N–H and O–H groups in total. The highest BCUT2D eigenvalue weighted by molar-refractivity contribution is 7.99. The van der Waals surface area contributed by atoms with Gasteiger partial charge in [0.05, 0.1) is 25.6 Å². The van der Waals surface area contributed by atoms with E-state index in [1.165, 1.54) is 0 Å². The molecule has 0 saturated carbocycles. The summed E-state index contributed by atoms with van der Waals surface area (Å²) in [5, 5.41) is 2.96. The lowest BCUT2D eigenvalue weighted by molar-refractivity contribution is -0.115. The number of nitrogens with zero attached hydrogens (tertiary/aromatic N) is 2. The van der Waals surface area contributed by atoms with Crippen LogP contribution in [-0.2, 0) is 4.79 Å². The molecule has 3 aromatic carbocycles. The molecule has 0 aliphatic carbocycles. The van der Waals surface area contributed by atoms with E-state index in [-0.39, 0.29) is 11.8 Å². The van der Waals surface area contributed by atoms with Gasteiger partial charge in [-0.2, -0.15) is 11.8 Å². The Labute approximate surface area is 214 Å². The highest BCUT2D eigenvalue weighted by Crippen LogP contribution is 2.42. The summed E-state index contributed by atoms with van der Waals surface area (Å²) in [7, 11) is 3.13. The second-order valence-corrected chi connectivity index (χ2v) is 9.76. The van der Waals surface area contributed by atoms with E-state index in [0.717, 1.165) is 35.7 Å². The summed E-state index contributed by atoms with van der Waals surface area (Å²) in [4.78, 5) is 32.9. The van der Waals surface area contributed by atoms with E-state index in [4.69, 9.17) is 14.5 Å². The minimum absolute atomic E-state index is 0.0410. The van der Waals surface area contributed by atoms with Crippen molar-refractivity contribution >= 4 is 40.7 Å². The largest absolute Gasteiger partial charge is 0.493 e. The predicted octanol–water partition coefficient (Wildman–Crippen LogP) is 4.75. The fourth-order valence-corrected chi connectivity index (χ4v) is 5.43. The molecule has 0 bridgehead atoms. The van der Waals surface area contributed by atoms with Crippen molar-refractivity contribution in [1.29, 1.82) is 0 Å². The van der Waals surface area contributed by atoms with Crippen molar-refractivity contribution in [3.05, 3.63) is 83.4 Å². The van der Waals surface area contributed by atoms with Crippen LogP contribution in [-0.4, -0.2) is 61.2 Å². The lowest BCUT2D eigenvalue weighted by Crippen LogP contribution is -2.37. The minimum atomic E-state index is -0.630.